The Labute approximate surface area is 190 Å². The number of rotatable bonds is 7. The molecule has 1 N–H and O–H groups in total. The zero-order valence-corrected chi connectivity index (χ0v) is 18.0. The van der Waals surface area contributed by atoms with Gasteiger partial charge >= 0.3 is 0 Å². The molecule has 0 saturated carbocycles. The van der Waals surface area contributed by atoms with E-state index in [9.17, 15) is 4.79 Å². The third kappa shape index (κ3) is 4.99. The lowest BCUT2D eigenvalue weighted by molar-refractivity contribution is -0.115. The number of amides is 1. The molecule has 0 atom stereocenters. The van der Waals surface area contributed by atoms with Gasteiger partial charge in [-0.2, -0.15) is 5.26 Å². The number of hydrogen-bond donors (Lipinski definition) is 1. The standard InChI is InChI=1S/C25H20N4O4/c1-31-21-10-9-16(12-22(21)32-2)13-23(30)27-20-8-4-7-19(14-20)25-29-28-24(33-25)18-6-3-5-17(11-18)15-26/h3-12,14H,13H2,1-2H3,(H,27,30). The van der Waals surface area contributed by atoms with Gasteiger partial charge in [-0.1, -0.05) is 18.2 Å². The molecule has 1 aromatic heterocycles. The normalized spacial score (nSPS) is 10.3. The minimum atomic E-state index is -0.182. The Morgan fingerprint density at radius 3 is 2.33 bits per heavy atom. The molecule has 4 rings (SSSR count). The number of nitrogens with zero attached hydrogens (tertiary/aromatic N) is 3. The number of carbonyl (C=O) groups is 1. The molecule has 164 valence electrons. The first-order valence-electron chi connectivity index (χ1n) is 10.0. The fourth-order valence-corrected chi connectivity index (χ4v) is 3.29. The lowest BCUT2D eigenvalue weighted by Crippen LogP contribution is -2.14. The third-order valence-corrected chi connectivity index (χ3v) is 4.87. The Bertz CT molecular complexity index is 1340. The smallest absolute Gasteiger partial charge is 0.248 e. The summed E-state index contributed by atoms with van der Waals surface area (Å²) in [5, 5.41) is 20.1. The van der Waals surface area contributed by atoms with Crippen molar-refractivity contribution in [3.63, 3.8) is 0 Å². The topological polar surface area (TPSA) is 110 Å². The van der Waals surface area contributed by atoms with E-state index in [1.807, 2.05) is 12.1 Å². The van der Waals surface area contributed by atoms with Gasteiger partial charge in [-0.05, 0) is 54.1 Å². The van der Waals surface area contributed by atoms with Gasteiger partial charge in [-0.25, -0.2) is 0 Å². The largest absolute Gasteiger partial charge is 0.493 e. The van der Waals surface area contributed by atoms with Gasteiger partial charge in [0.25, 0.3) is 0 Å². The van der Waals surface area contributed by atoms with Crippen molar-refractivity contribution in [3.05, 3.63) is 77.9 Å². The second-order valence-corrected chi connectivity index (χ2v) is 7.10. The van der Waals surface area contributed by atoms with Crippen molar-refractivity contribution in [2.45, 2.75) is 6.42 Å². The second-order valence-electron chi connectivity index (χ2n) is 7.10. The Morgan fingerprint density at radius 2 is 1.64 bits per heavy atom. The molecule has 0 aliphatic rings. The maximum atomic E-state index is 12.6. The number of nitriles is 1. The molecule has 33 heavy (non-hydrogen) atoms. The minimum Gasteiger partial charge on any atom is -0.493 e. The van der Waals surface area contributed by atoms with Crippen LogP contribution in [0.5, 0.6) is 11.5 Å². The van der Waals surface area contributed by atoms with E-state index in [1.54, 1.807) is 68.8 Å². The molecule has 3 aromatic carbocycles. The summed E-state index contributed by atoms with van der Waals surface area (Å²) in [6.07, 6.45) is 0.171. The van der Waals surface area contributed by atoms with E-state index in [0.717, 1.165) is 5.56 Å². The molecule has 0 aliphatic heterocycles. The first-order valence-corrected chi connectivity index (χ1v) is 10.0. The predicted octanol–water partition coefficient (Wildman–Crippen LogP) is 4.47. The molecule has 0 spiro atoms. The van der Waals surface area contributed by atoms with E-state index in [-0.39, 0.29) is 12.3 Å². The van der Waals surface area contributed by atoms with Gasteiger partial charge in [0, 0.05) is 16.8 Å². The fraction of sp³-hybridized carbons (Fsp3) is 0.120. The van der Waals surface area contributed by atoms with Crippen molar-refractivity contribution in [1.29, 1.82) is 5.26 Å². The maximum Gasteiger partial charge on any atom is 0.248 e. The third-order valence-electron chi connectivity index (χ3n) is 4.87. The summed E-state index contributed by atoms with van der Waals surface area (Å²) >= 11 is 0. The molecule has 0 saturated heterocycles. The number of benzene rings is 3. The van der Waals surface area contributed by atoms with Gasteiger partial charge in [0.2, 0.25) is 17.7 Å². The lowest BCUT2D eigenvalue weighted by atomic mass is 10.1. The molecule has 0 bridgehead atoms. The molecule has 8 heteroatoms. The van der Waals surface area contributed by atoms with Gasteiger partial charge in [0.15, 0.2) is 11.5 Å². The van der Waals surface area contributed by atoms with Crippen molar-refractivity contribution in [2.75, 3.05) is 19.5 Å². The lowest BCUT2D eigenvalue weighted by Gasteiger charge is -2.10. The average Bonchev–Trinajstić information content (AvgIpc) is 3.34. The molecular formula is C25H20N4O4. The molecule has 1 heterocycles. The summed E-state index contributed by atoms with van der Waals surface area (Å²) in [5.41, 5.74) is 3.22. The SMILES string of the molecule is COc1ccc(CC(=O)Nc2cccc(-c3nnc(-c4cccc(C#N)c4)o3)c2)cc1OC. The van der Waals surface area contributed by atoms with Gasteiger partial charge in [0.05, 0.1) is 32.3 Å². The molecule has 0 aliphatic carbocycles. The van der Waals surface area contributed by atoms with Crippen LogP contribution in [-0.2, 0) is 11.2 Å². The Hall–Kier alpha value is -4.64. The van der Waals surface area contributed by atoms with Crippen LogP contribution in [0.2, 0.25) is 0 Å². The Balaban J connectivity index is 1.48. The zero-order valence-electron chi connectivity index (χ0n) is 18.0. The highest BCUT2D eigenvalue weighted by atomic mass is 16.5. The van der Waals surface area contributed by atoms with E-state index in [2.05, 4.69) is 21.6 Å². The number of anilines is 1. The number of carbonyl (C=O) groups excluding carboxylic acids is 1. The van der Waals surface area contributed by atoms with Gasteiger partial charge in [0.1, 0.15) is 0 Å². The van der Waals surface area contributed by atoms with E-state index < -0.39 is 0 Å². The van der Waals surface area contributed by atoms with Crippen LogP contribution >= 0.6 is 0 Å². The first kappa shape index (κ1) is 21.6. The summed E-state index contributed by atoms with van der Waals surface area (Å²) < 4.78 is 16.3. The Morgan fingerprint density at radius 1 is 0.939 bits per heavy atom. The van der Waals surface area contributed by atoms with Gasteiger partial charge in [-0.3, -0.25) is 4.79 Å². The predicted molar refractivity (Wildman–Crippen MR) is 122 cm³/mol. The zero-order chi connectivity index (χ0) is 23.2. The van der Waals surface area contributed by atoms with Crippen LogP contribution in [0.4, 0.5) is 5.69 Å². The molecule has 8 nitrogen and oxygen atoms in total. The van der Waals surface area contributed by atoms with Crippen LogP contribution in [-0.4, -0.2) is 30.3 Å². The number of aromatic nitrogens is 2. The number of methoxy groups -OCH3 is 2. The van der Waals surface area contributed by atoms with Crippen LogP contribution in [0.3, 0.4) is 0 Å². The van der Waals surface area contributed by atoms with Crippen molar-refractivity contribution in [3.8, 4) is 40.5 Å². The summed E-state index contributed by atoms with van der Waals surface area (Å²) in [5.74, 6) is 1.61. The van der Waals surface area contributed by atoms with E-state index >= 15 is 0 Å². The van der Waals surface area contributed by atoms with E-state index in [1.165, 1.54) is 0 Å². The van der Waals surface area contributed by atoms with Crippen molar-refractivity contribution < 1.29 is 18.7 Å². The molecule has 0 radical (unpaired) electrons. The van der Waals surface area contributed by atoms with Crippen molar-refractivity contribution >= 4 is 11.6 Å². The monoisotopic (exact) mass is 440 g/mol. The van der Waals surface area contributed by atoms with Crippen molar-refractivity contribution in [2.24, 2.45) is 0 Å². The van der Waals surface area contributed by atoms with Gasteiger partial charge < -0.3 is 19.2 Å². The summed E-state index contributed by atoms with van der Waals surface area (Å²) in [7, 11) is 3.11. The average molecular weight is 440 g/mol. The molecule has 4 aromatic rings. The van der Waals surface area contributed by atoms with E-state index in [0.29, 0.717) is 45.7 Å². The quantitative estimate of drug-likeness (QED) is 0.451. The summed E-state index contributed by atoms with van der Waals surface area (Å²) in [4.78, 5) is 12.6. The van der Waals surface area contributed by atoms with Crippen LogP contribution in [0.25, 0.3) is 22.9 Å². The van der Waals surface area contributed by atoms with E-state index in [4.69, 9.17) is 19.2 Å². The molecule has 0 unspecified atom stereocenters. The van der Waals surface area contributed by atoms with Crippen LogP contribution < -0.4 is 14.8 Å². The van der Waals surface area contributed by atoms with Crippen LogP contribution in [0, 0.1) is 11.3 Å². The van der Waals surface area contributed by atoms with Crippen LogP contribution in [0.1, 0.15) is 11.1 Å². The molecular weight excluding hydrogens is 420 g/mol. The second kappa shape index (κ2) is 9.66. The van der Waals surface area contributed by atoms with Crippen molar-refractivity contribution in [1.82, 2.24) is 10.2 Å². The number of nitrogens with one attached hydrogen (secondary N) is 1. The van der Waals surface area contributed by atoms with Gasteiger partial charge in [-0.15, -0.1) is 10.2 Å². The first-order chi connectivity index (χ1) is 16.1. The number of hydrogen-bond acceptors (Lipinski definition) is 7. The van der Waals surface area contributed by atoms with Crippen LogP contribution in [0.15, 0.2) is 71.1 Å². The maximum absolute atomic E-state index is 12.6. The summed E-state index contributed by atoms with van der Waals surface area (Å²) in [6.45, 7) is 0. The Kier molecular flexibility index (Phi) is 6.32. The minimum absolute atomic E-state index is 0.171. The molecule has 0 fully saturated rings. The highest BCUT2D eigenvalue weighted by molar-refractivity contribution is 5.92. The molecule has 1 amide bonds. The summed E-state index contributed by atoms with van der Waals surface area (Å²) in [6, 6.07) is 21.5. The fourth-order valence-electron chi connectivity index (χ4n) is 3.29. The highest BCUT2D eigenvalue weighted by Gasteiger charge is 2.13. The number of ether oxygens (including phenoxy) is 2. The highest BCUT2D eigenvalue weighted by Crippen LogP contribution is 2.28.